The van der Waals surface area contributed by atoms with Gasteiger partial charge in [0.05, 0.1) is 0 Å². The molecule has 0 saturated carbocycles. The number of hydrogen-bond acceptors (Lipinski definition) is 3. The van der Waals surface area contributed by atoms with Crippen molar-refractivity contribution in [1.29, 1.82) is 0 Å². The SMILES string of the molecule is CI(C)c1ccc(Nc2ccncn2)cc1. The monoisotopic (exact) mass is 327 g/mol. The van der Waals surface area contributed by atoms with Crippen molar-refractivity contribution < 1.29 is 0 Å². The third kappa shape index (κ3) is 2.91. The Balaban J connectivity index is 2.11. The third-order valence-corrected chi connectivity index (χ3v) is 5.35. The van der Waals surface area contributed by atoms with E-state index >= 15 is 0 Å². The van der Waals surface area contributed by atoms with Gasteiger partial charge in [-0.3, -0.25) is 0 Å². The predicted molar refractivity (Wildman–Crippen MR) is 76.3 cm³/mol. The van der Waals surface area contributed by atoms with Crippen LogP contribution in [-0.4, -0.2) is 19.8 Å². The molecular formula is C12H14IN3. The first-order valence-electron chi connectivity index (χ1n) is 4.89. The molecule has 0 amide bonds. The van der Waals surface area contributed by atoms with Gasteiger partial charge >= 0.3 is 103 Å². The van der Waals surface area contributed by atoms with E-state index in [4.69, 9.17) is 0 Å². The Bertz CT molecular complexity index is 440. The molecular weight excluding hydrogens is 313 g/mol. The van der Waals surface area contributed by atoms with Crippen molar-refractivity contribution in [2.24, 2.45) is 0 Å². The van der Waals surface area contributed by atoms with Gasteiger partial charge in [-0.25, -0.2) is 0 Å². The minimum absolute atomic E-state index is 0.825. The van der Waals surface area contributed by atoms with E-state index in [2.05, 4.69) is 49.4 Å². The van der Waals surface area contributed by atoms with Gasteiger partial charge in [-0.05, 0) is 0 Å². The summed E-state index contributed by atoms with van der Waals surface area (Å²) in [5.74, 6) is 0.825. The normalized spacial score (nSPS) is 11.0. The van der Waals surface area contributed by atoms with Crippen molar-refractivity contribution in [2.75, 3.05) is 15.2 Å². The van der Waals surface area contributed by atoms with Gasteiger partial charge in [-0.2, -0.15) is 0 Å². The van der Waals surface area contributed by atoms with E-state index in [0.717, 1.165) is 11.5 Å². The Morgan fingerprint density at radius 2 is 1.81 bits per heavy atom. The van der Waals surface area contributed by atoms with Crippen molar-refractivity contribution in [3.8, 4) is 0 Å². The molecule has 2 aromatic rings. The van der Waals surface area contributed by atoms with Crippen LogP contribution in [0.5, 0.6) is 0 Å². The molecule has 0 spiro atoms. The summed E-state index contributed by atoms with van der Waals surface area (Å²) in [7, 11) is 0. The molecule has 0 radical (unpaired) electrons. The van der Waals surface area contributed by atoms with E-state index in [1.54, 1.807) is 12.5 Å². The summed E-state index contributed by atoms with van der Waals surface area (Å²) in [6, 6.07) is 10.5. The molecule has 0 aliphatic heterocycles. The fraction of sp³-hybridized carbons (Fsp3) is 0.167. The standard InChI is InChI=1S/C12H14IN3/c1-13(2)10-3-5-11(6-4-10)16-12-7-8-14-9-15-12/h3-9H,1-2H3,(H,14,15,16). The van der Waals surface area contributed by atoms with Crippen LogP contribution in [0.1, 0.15) is 0 Å². The second kappa shape index (κ2) is 5.25. The van der Waals surface area contributed by atoms with Gasteiger partial charge in [0, 0.05) is 0 Å². The van der Waals surface area contributed by atoms with Crippen molar-refractivity contribution in [1.82, 2.24) is 9.97 Å². The summed E-state index contributed by atoms with van der Waals surface area (Å²) in [5.41, 5.74) is 1.07. The molecule has 2 rings (SSSR count). The summed E-state index contributed by atoms with van der Waals surface area (Å²) in [6.07, 6.45) is 3.27. The Hall–Kier alpha value is -1.17. The quantitative estimate of drug-likeness (QED) is 0.695. The average Bonchev–Trinajstić information content (AvgIpc) is 2.31. The van der Waals surface area contributed by atoms with E-state index in [-0.39, 0.29) is 0 Å². The van der Waals surface area contributed by atoms with Crippen LogP contribution < -0.4 is 5.32 Å². The van der Waals surface area contributed by atoms with Crippen molar-refractivity contribution in [3.63, 3.8) is 0 Å². The number of benzene rings is 1. The molecule has 84 valence electrons. The van der Waals surface area contributed by atoms with Crippen LogP contribution >= 0.6 is 19.8 Å². The van der Waals surface area contributed by atoms with E-state index in [1.165, 1.54) is 3.57 Å². The Kier molecular flexibility index (Phi) is 3.71. The summed E-state index contributed by atoms with van der Waals surface area (Å²) in [4.78, 5) is 12.7. The summed E-state index contributed by atoms with van der Waals surface area (Å²) < 4.78 is 1.50. The van der Waals surface area contributed by atoms with Crippen LogP contribution in [-0.2, 0) is 0 Å². The van der Waals surface area contributed by atoms with Crippen LogP contribution in [0, 0.1) is 3.57 Å². The maximum atomic E-state index is 4.12. The van der Waals surface area contributed by atoms with E-state index < -0.39 is 19.8 Å². The van der Waals surface area contributed by atoms with Gasteiger partial charge in [0.15, 0.2) is 0 Å². The summed E-state index contributed by atoms with van der Waals surface area (Å²) in [6.45, 7) is 0. The molecule has 1 heterocycles. The second-order valence-corrected chi connectivity index (χ2v) is 9.04. The van der Waals surface area contributed by atoms with E-state index in [0.29, 0.717) is 0 Å². The first-order valence-corrected chi connectivity index (χ1v) is 10.3. The fourth-order valence-electron chi connectivity index (χ4n) is 1.30. The number of rotatable bonds is 3. The second-order valence-electron chi connectivity index (χ2n) is 3.48. The Morgan fingerprint density at radius 1 is 1.06 bits per heavy atom. The topological polar surface area (TPSA) is 37.8 Å². The van der Waals surface area contributed by atoms with E-state index in [1.807, 2.05) is 6.07 Å². The van der Waals surface area contributed by atoms with E-state index in [9.17, 15) is 0 Å². The zero-order valence-corrected chi connectivity index (χ0v) is 11.5. The summed E-state index contributed by atoms with van der Waals surface area (Å²) >= 11 is -0.848. The number of anilines is 2. The third-order valence-electron chi connectivity index (χ3n) is 2.14. The number of halogens is 1. The predicted octanol–water partition coefficient (Wildman–Crippen LogP) is 3.16. The molecule has 16 heavy (non-hydrogen) atoms. The minimum atomic E-state index is -0.848. The van der Waals surface area contributed by atoms with Crippen LogP contribution in [0.4, 0.5) is 11.5 Å². The van der Waals surface area contributed by atoms with Crippen LogP contribution in [0.3, 0.4) is 0 Å². The van der Waals surface area contributed by atoms with Crippen LogP contribution in [0.2, 0.25) is 0 Å². The molecule has 4 heteroatoms. The fourth-order valence-corrected chi connectivity index (χ4v) is 3.10. The van der Waals surface area contributed by atoms with Gasteiger partial charge in [-0.1, -0.05) is 0 Å². The number of aromatic nitrogens is 2. The van der Waals surface area contributed by atoms with Crippen molar-refractivity contribution in [2.45, 2.75) is 0 Å². The molecule has 0 aliphatic carbocycles. The zero-order chi connectivity index (χ0) is 11.4. The summed E-state index contributed by atoms with van der Waals surface area (Å²) in [5, 5.41) is 3.24. The molecule has 0 aliphatic rings. The Morgan fingerprint density at radius 3 is 2.38 bits per heavy atom. The van der Waals surface area contributed by atoms with Crippen molar-refractivity contribution >= 4 is 31.3 Å². The molecule has 0 bridgehead atoms. The molecule has 0 fully saturated rings. The Labute approximate surface area is 103 Å². The molecule has 0 unspecified atom stereocenters. The number of hydrogen-bond donors (Lipinski definition) is 1. The van der Waals surface area contributed by atoms with Gasteiger partial charge in [-0.15, -0.1) is 0 Å². The van der Waals surface area contributed by atoms with Crippen LogP contribution in [0.15, 0.2) is 42.9 Å². The van der Waals surface area contributed by atoms with Gasteiger partial charge < -0.3 is 0 Å². The van der Waals surface area contributed by atoms with Crippen LogP contribution in [0.25, 0.3) is 0 Å². The van der Waals surface area contributed by atoms with Gasteiger partial charge in [0.2, 0.25) is 0 Å². The van der Waals surface area contributed by atoms with Gasteiger partial charge in [0.25, 0.3) is 0 Å². The number of alkyl halides is 2. The average molecular weight is 327 g/mol. The molecule has 0 saturated heterocycles. The number of nitrogens with zero attached hydrogens (tertiary/aromatic N) is 2. The molecule has 3 nitrogen and oxygen atoms in total. The zero-order valence-electron chi connectivity index (χ0n) is 9.31. The maximum absolute atomic E-state index is 4.12. The first kappa shape index (κ1) is 11.3. The first-order chi connectivity index (χ1) is 7.75. The molecule has 1 N–H and O–H groups in total. The van der Waals surface area contributed by atoms with Crippen molar-refractivity contribution in [3.05, 3.63) is 46.4 Å². The van der Waals surface area contributed by atoms with Gasteiger partial charge in [0.1, 0.15) is 0 Å². The molecule has 0 atom stereocenters. The number of nitrogens with one attached hydrogen (secondary N) is 1. The molecule has 1 aromatic carbocycles. The molecule has 1 aromatic heterocycles.